The van der Waals surface area contributed by atoms with Crippen LogP contribution in [-0.2, 0) is 11.2 Å². The first-order chi connectivity index (χ1) is 13.2. The van der Waals surface area contributed by atoms with Crippen molar-refractivity contribution in [2.45, 2.75) is 12.8 Å². The molecule has 1 N–H and O–H groups in total. The standard InChI is InChI=1S/C21H19ClN2O3/c22-17-13-19-20(27-11-3-10-26-19)14-18(17)23-21(25)12-15-4-6-16(7-5-15)24-8-1-2-9-24/h1-2,4-9,13-14H,3,10-12H2,(H,23,25). The summed E-state index contributed by atoms with van der Waals surface area (Å²) in [5.41, 5.74) is 2.50. The summed E-state index contributed by atoms with van der Waals surface area (Å²) in [6, 6.07) is 15.2. The lowest BCUT2D eigenvalue weighted by atomic mass is 10.1. The third kappa shape index (κ3) is 4.09. The number of nitrogens with one attached hydrogen (secondary N) is 1. The lowest BCUT2D eigenvalue weighted by molar-refractivity contribution is -0.115. The van der Waals surface area contributed by atoms with Gasteiger partial charge >= 0.3 is 0 Å². The van der Waals surface area contributed by atoms with E-state index >= 15 is 0 Å². The largest absolute Gasteiger partial charge is 0.490 e. The van der Waals surface area contributed by atoms with Gasteiger partial charge in [-0.15, -0.1) is 0 Å². The molecule has 0 saturated carbocycles. The van der Waals surface area contributed by atoms with Crippen LogP contribution in [0.3, 0.4) is 0 Å². The van der Waals surface area contributed by atoms with Gasteiger partial charge in [-0.2, -0.15) is 0 Å². The van der Waals surface area contributed by atoms with Crippen LogP contribution < -0.4 is 14.8 Å². The highest BCUT2D eigenvalue weighted by molar-refractivity contribution is 6.34. The van der Waals surface area contributed by atoms with E-state index in [9.17, 15) is 4.79 Å². The number of carbonyl (C=O) groups is 1. The van der Waals surface area contributed by atoms with Crippen LogP contribution in [0.5, 0.6) is 11.5 Å². The van der Waals surface area contributed by atoms with E-state index in [4.69, 9.17) is 21.1 Å². The summed E-state index contributed by atoms with van der Waals surface area (Å²) in [7, 11) is 0. The maximum atomic E-state index is 12.4. The molecular weight excluding hydrogens is 364 g/mol. The summed E-state index contributed by atoms with van der Waals surface area (Å²) in [4.78, 5) is 12.4. The SMILES string of the molecule is O=C(Cc1ccc(-n2cccc2)cc1)Nc1cc2c(cc1Cl)OCCCO2. The predicted molar refractivity (Wildman–Crippen MR) is 105 cm³/mol. The van der Waals surface area contributed by atoms with E-state index in [-0.39, 0.29) is 12.3 Å². The number of fused-ring (bicyclic) bond motifs is 1. The molecule has 5 nitrogen and oxygen atoms in total. The molecule has 0 saturated heterocycles. The Bertz CT molecular complexity index is 937. The molecule has 6 heteroatoms. The minimum Gasteiger partial charge on any atom is -0.490 e. The first-order valence-corrected chi connectivity index (χ1v) is 9.18. The highest BCUT2D eigenvalue weighted by Gasteiger charge is 2.15. The zero-order chi connectivity index (χ0) is 18.6. The second-order valence-electron chi connectivity index (χ2n) is 6.31. The number of hydrogen-bond acceptors (Lipinski definition) is 3. The van der Waals surface area contributed by atoms with Gasteiger partial charge in [-0.25, -0.2) is 0 Å². The van der Waals surface area contributed by atoms with E-state index < -0.39 is 0 Å². The molecule has 1 aromatic heterocycles. The van der Waals surface area contributed by atoms with Crippen molar-refractivity contribution in [3.8, 4) is 17.2 Å². The van der Waals surface area contributed by atoms with E-state index in [1.807, 2.05) is 53.4 Å². The third-order valence-corrected chi connectivity index (χ3v) is 4.63. The molecule has 3 aromatic rings. The lowest BCUT2D eigenvalue weighted by Crippen LogP contribution is -2.15. The monoisotopic (exact) mass is 382 g/mol. The van der Waals surface area contributed by atoms with Crippen LogP contribution in [0.2, 0.25) is 5.02 Å². The van der Waals surface area contributed by atoms with Gasteiger partial charge in [0.05, 0.1) is 30.3 Å². The highest BCUT2D eigenvalue weighted by atomic mass is 35.5. The summed E-state index contributed by atoms with van der Waals surface area (Å²) in [5, 5.41) is 3.29. The molecule has 0 aliphatic carbocycles. The Balaban J connectivity index is 1.44. The molecule has 138 valence electrons. The number of ether oxygens (including phenoxy) is 2. The van der Waals surface area contributed by atoms with Crippen molar-refractivity contribution in [1.29, 1.82) is 0 Å². The quantitative estimate of drug-likeness (QED) is 0.724. The third-order valence-electron chi connectivity index (χ3n) is 4.31. The molecule has 1 aliphatic heterocycles. The van der Waals surface area contributed by atoms with Crippen LogP contribution in [0.1, 0.15) is 12.0 Å². The lowest BCUT2D eigenvalue weighted by Gasteiger charge is -2.12. The molecule has 0 fully saturated rings. The molecule has 0 unspecified atom stereocenters. The fraction of sp³-hybridized carbons (Fsp3) is 0.190. The predicted octanol–water partition coefficient (Wildman–Crippen LogP) is 4.47. The highest BCUT2D eigenvalue weighted by Crippen LogP contribution is 2.37. The van der Waals surface area contributed by atoms with E-state index in [1.165, 1.54) is 0 Å². The minimum atomic E-state index is -0.139. The van der Waals surface area contributed by atoms with Gasteiger partial charge in [0.25, 0.3) is 0 Å². The zero-order valence-electron chi connectivity index (χ0n) is 14.7. The van der Waals surface area contributed by atoms with Crippen molar-refractivity contribution in [2.24, 2.45) is 0 Å². The fourth-order valence-electron chi connectivity index (χ4n) is 2.95. The molecule has 4 rings (SSSR count). The number of anilines is 1. The number of halogens is 1. The summed E-state index contributed by atoms with van der Waals surface area (Å²) in [6.45, 7) is 1.17. The van der Waals surface area contributed by atoms with Gasteiger partial charge < -0.3 is 19.4 Å². The number of nitrogens with zero attached hydrogens (tertiary/aromatic N) is 1. The maximum absolute atomic E-state index is 12.4. The van der Waals surface area contributed by atoms with Crippen molar-refractivity contribution >= 4 is 23.2 Å². The number of amides is 1. The van der Waals surface area contributed by atoms with E-state index in [1.54, 1.807) is 12.1 Å². The summed E-state index contributed by atoms with van der Waals surface area (Å²) in [5.74, 6) is 1.07. The summed E-state index contributed by atoms with van der Waals surface area (Å²) in [6.07, 6.45) is 5.03. The molecule has 27 heavy (non-hydrogen) atoms. The van der Waals surface area contributed by atoms with Crippen molar-refractivity contribution in [3.05, 3.63) is 71.5 Å². The number of carbonyl (C=O) groups excluding carboxylic acids is 1. The Kier molecular flexibility index (Phi) is 5.03. The molecule has 2 heterocycles. The topological polar surface area (TPSA) is 52.5 Å². The number of aromatic nitrogens is 1. The van der Waals surface area contributed by atoms with Crippen molar-refractivity contribution in [2.75, 3.05) is 18.5 Å². The first-order valence-electron chi connectivity index (χ1n) is 8.80. The fourth-order valence-corrected chi connectivity index (χ4v) is 3.15. The Morgan fingerprint density at radius 2 is 1.70 bits per heavy atom. The van der Waals surface area contributed by atoms with E-state index in [0.29, 0.717) is 35.4 Å². The minimum absolute atomic E-state index is 0.139. The second kappa shape index (κ2) is 7.76. The molecule has 0 spiro atoms. The number of hydrogen-bond donors (Lipinski definition) is 1. The Morgan fingerprint density at radius 1 is 1.04 bits per heavy atom. The van der Waals surface area contributed by atoms with E-state index in [2.05, 4.69) is 5.32 Å². The van der Waals surface area contributed by atoms with Crippen LogP contribution in [0.25, 0.3) is 5.69 Å². The average Bonchev–Trinajstić information content (AvgIpc) is 3.10. The molecule has 0 bridgehead atoms. The Morgan fingerprint density at radius 3 is 2.41 bits per heavy atom. The smallest absolute Gasteiger partial charge is 0.228 e. The van der Waals surface area contributed by atoms with Gasteiger partial charge in [0, 0.05) is 36.6 Å². The van der Waals surface area contributed by atoms with Crippen molar-refractivity contribution < 1.29 is 14.3 Å². The van der Waals surface area contributed by atoms with Crippen LogP contribution in [0.15, 0.2) is 60.9 Å². The molecule has 0 radical (unpaired) electrons. The van der Waals surface area contributed by atoms with Crippen molar-refractivity contribution in [1.82, 2.24) is 4.57 Å². The summed E-state index contributed by atoms with van der Waals surface area (Å²) >= 11 is 6.29. The van der Waals surface area contributed by atoms with Crippen LogP contribution >= 0.6 is 11.6 Å². The molecule has 1 aliphatic rings. The van der Waals surface area contributed by atoms with Gasteiger partial charge in [-0.3, -0.25) is 4.79 Å². The maximum Gasteiger partial charge on any atom is 0.228 e. The molecule has 1 amide bonds. The van der Waals surface area contributed by atoms with Gasteiger partial charge in [0.1, 0.15) is 0 Å². The Hall–Kier alpha value is -2.92. The normalized spacial score (nSPS) is 13.1. The second-order valence-corrected chi connectivity index (χ2v) is 6.72. The molecule has 0 atom stereocenters. The van der Waals surface area contributed by atoms with Gasteiger partial charge in [-0.05, 0) is 29.8 Å². The first kappa shape index (κ1) is 17.5. The van der Waals surface area contributed by atoms with Crippen molar-refractivity contribution in [3.63, 3.8) is 0 Å². The zero-order valence-corrected chi connectivity index (χ0v) is 15.4. The van der Waals surface area contributed by atoms with E-state index in [0.717, 1.165) is 17.7 Å². The number of benzene rings is 2. The average molecular weight is 383 g/mol. The Labute approximate surface area is 162 Å². The molecule has 2 aromatic carbocycles. The summed E-state index contributed by atoms with van der Waals surface area (Å²) < 4.78 is 13.3. The van der Waals surface area contributed by atoms with Gasteiger partial charge in [-0.1, -0.05) is 23.7 Å². The van der Waals surface area contributed by atoms with Gasteiger partial charge in [0.2, 0.25) is 5.91 Å². The van der Waals surface area contributed by atoms with Crippen LogP contribution in [0.4, 0.5) is 5.69 Å². The van der Waals surface area contributed by atoms with Crippen LogP contribution in [0, 0.1) is 0 Å². The van der Waals surface area contributed by atoms with Crippen LogP contribution in [-0.4, -0.2) is 23.7 Å². The molecular formula is C21H19ClN2O3. The van der Waals surface area contributed by atoms with Gasteiger partial charge in [0.15, 0.2) is 11.5 Å². The number of rotatable bonds is 4.